The van der Waals surface area contributed by atoms with E-state index in [-0.39, 0.29) is 5.56 Å². The second-order valence-electron chi connectivity index (χ2n) is 5.21. The molecule has 0 saturated heterocycles. The molecule has 0 aliphatic heterocycles. The van der Waals surface area contributed by atoms with Crippen LogP contribution in [0.1, 0.15) is 34.1 Å². The van der Waals surface area contributed by atoms with Gasteiger partial charge in [0, 0.05) is 5.69 Å². The van der Waals surface area contributed by atoms with E-state index in [4.69, 9.17) is 14.2 Å². The van der Waals surface area contributed by atoms with E-state index in [1.54, 1.807) is 42.5 Å². The van der Waals surface area contributed by atoms with Gasteiger partial charge in [-0.2, -0.15) is 0 Å². The maximum absolute atomic E-state index is 12.6. The van der Waals surface area contributed by atoms with Crippen LogP contribution in [-0.4, -0.2) is 32.7 Å². The van der Waals surface area contributed by atoms with Gasteiger partial charge in [-0.15, -0.1) is 0 Å². The first-order valence-electron chi connectivity index (χ1n) is 7.90. The normalized spacial score (nSPS) is 10.0. The molecule has 2 aromatic carbocycles. The summed E-state index contributed by atoms with van der Waals surface area (Å²) in [7, 11) is 2.96. The van der Waals surface area contributed by atoms with Crippen molar-refractivity contribution >= 4 is 17.6 Å². The molecule has 0 spiro atoms. The van der Waals surface area contributed by atoms with Gasteiger partial charge in [0.25, 0.3) is 5.91 Å². The maximum atomic E-state index is 12.6. The van der Waals surface area contributed by atoms with E-state index >= 15 is 0 Å². The Bertz CT molecular complexity index is 735. The summed E-state index contributed by atoms with van der Waals surface area (Å²) in [4.78, 5) is 24.6. The van der Waals surface area contributed by atoms with Gasteiger partial charge < -0.3 is 19.5 Å². The van der Waals surface area contributed by atoms with E-state index in [1.165, 1.54) is 14.2 Å². The Hall–Kier alpha value is -3.02. The molecule has 0 unspecified atom stereocenters. The number of esters is 1. The number of hydrogen-bond donors (Lipinski definition) is 1. The summed E-state index contributed by atoms with van der Waals surface area (Å²) < 4.78 is 15.6. The minimum absolute atomic E-state index is 0.284. The molecule has 0 bridgehead atoms. The van der Waals surface area contributed by atoms with Gasteiger partial charge in [-0.3, -0.25) is 4.79 Å². The number of anilines is 1. The quantitative estimate of drug-likeness (QED) is 0.779. The monoisotopic (exact) mass is 343 g/mol. The number of methoxy groups -OCH3 is 2. The largest absolute Gasteiger partial charge is 0.496 e. The predicted molar refractivity (Wildman–Crippen MR) is 94.5 cm³/mol. The Kier molecular flexibility index (Phi) is 6.39. The molecule has 1 amide bonds. The molecule has 1 N–H and O–H groups in total. The summed E-state index contributed by atoms with van der Waals surface area (Å²) in [5.41, 5.74) is 1.13. The molecule has 2 aromatic rings. The number of carbonyl (C=O) groups is 2. The summed E-state index contributed by atoms with van der Waals surface area (Å²) >= 11 is 0. The van der Waals surface area contributed by atoms with Crippen molar-refractivity contribution in [1.82, 2.24) is 0 Å². The first-order valence-corrected chi connectivity index (χ1v) is 7.90. The fourth-order valence-corrected chi connectivity index (χ4v) is 2.27. The van der Waals surface area contributed by atoms with Crippen LogP contribution in [0.25, 0.3) is 0 Å². The van der Waals surface area contributed by atoms with Gasteiger partial charge in [0.2, 0.25) is 0 Å². The lowest BCUT2D eigenvalue weighted by molar-refractivity contribution is 0.0505. The summed E-state index contributed by atoms with van der Waals surface area (Å²) in [5, 5.41) is 2.75. The smallest absolute Gasteiger partial charge is 0.338 e. The third-order valence-corrected chi connectivity index (χ3v) is 3.45. The minimum atomic E-state index is -0.423. The highest BCUT2D eigenvalue weighted by Gasteiger charge is 2.18. The summed E-state index contributed by atoms with van der Waals surface area (Å²) in [5.74, 6) is -0.0214. The molecule has 0 atom stereocenters. The van der Waals surface area contributed by atoms with E-state index < -0.39 is 11.9 Å². The molecule has 0 aromatic heterocycles. The molecular weight excluding hydrogens is 322 g/mol. The van der Waals surface area contributed by atoms with E-state index in [2.05, 4.69) is 5.32 Å². The Balaban J connectivity index is 2.23. The Morgan fingerprint density at radius 2 is 1.64 bits per heavy atom. The molecule has 132 valence electrons. The van der Waals surface area contributed by atoms with Crippen molar-refractivity contribution in [2.24, 2.45) is 0 Å². The number of carbonyl (C=O) groups excluding carboxylic acids is 2. The highest BCUT2D eigenvalue weighted by molar-refractivity contribution is 6.08. The van der Waals surface area contributed by atoms with Crippen LogP contribution in [0.2, 0.25) is 0 Å². The summed E-state index contributed by atoms with van der Waals surface area (Å²) in [6.45, 7) is 2.28. The zero-order chi connectivity index (χ0) is 18.2. The van der Waals surface area contributed by atoms with Crippen LogP contribution in [0.3, 0.4) is 0 Å². The second-order valence-corrected chi connectivity index (χ2v) is 5.21. The first kappa shape index (κ1) is 18.3. The zero-order valence-corrected chi connectivity index (χ0v) is 14.5. The van der Waals surface area contributed by atoms with Gasteiger partial charge in [0.05, 0.1) is 26.4 Å². The number of rotatable bonds is 7. The van der Waals surface area contributed by atoms with Gasteiger partial charge in [0.1, 0.15) is 17.1 Å². The number of hydrogen-bond acceptors (Lipinski definition) is 5. The van der Waals surface area contributed by atoms with Gasteiger partial charge in [-0.1, -0.05) is 19.1 Å². The van der Waals surface area contributed by atoms with Crippen molar-refractivity contribution in [3.8, 4) is 11.5 Å². The molecule has 25 heavy (non-hydrogen) atoms. The van der Waals surface area contributed by atoms with Crippen molar-refractivity contribution in [2.75, 3.05) is 26.1 Å². The third kappa shape index (κ3) is 4.50. The fraction of sp³-hybridized carbons (Fsp3) is 0.263. The molecule has 0 radical (unpaired) electrons. The first-order chi connectivity index (χ1) is 12.1. The van der Waals surface area contributed by atoms with E-state index in [1.807, 2.05) is 6.92 Å². The van der Waals surface area contributed by atoms with Crippen molar-refractivity contribution in [3.63, 3.8) is 0 Å². The molecule has 2 rings (SSSR count). The van der Waals surface area contributed by atoms with Crippen molar-refractivity contribution in [1.29, 1.82) is 0 Å². The number of nitrogens with one attached hydrogen (secondary N) is 1. The number of benzene rings is 2. The zero-order valence-electron chi connectivity index (χ0n) is 14.5. The van der Waals surface area contributed by atoms with Crippen molar-refractivity contribution in [2.45, 2.75) is 13.3 Å². The fourth-order valence-electron chi connectivity index (χ4n) is 2.27. The third-order valence-electron chi connectivity index (χ3n) is 3.45. The van der Waals surface area contributed by atoms with Crippen LogP contribution < -0.4 is 14.8 Å². The van der Waals surface area contributed by atoms with Gasteiger partial charge in [0.15, 0.2) is 0 Å². The predicted octanol–water partition coefficient (Wildman–Crippen LogP) is 3.52. The lowest BCUT2D eigenvalue weighted by Gasteiger charge is -2.13. The SMILES string of the molecule is CCCOC(=O)c1cccc(NC(=O)c2c(OC)cccc2OC)c1. The molecule has 0 heterocycles. The maximum Gasteiger partial charge on any atom is 0.338 e. The van der Waals surface area contributed by atoms with E-state index in [0.717, 1.165) is 6.42 Å². The molecule has 6 nitrogen and oxygen atoms in total. The molecule has 0 aliphatic carbocycles. The Labute approximate surface area is 146 Å². The highest BCUT2D eigenvalue weighted by Crippen LogP contribution is 2.29. The lowest BCUT2D eigenvalue weighted by Crippen LogP contribution is -2.15. The second kappa shape index (κ2) is 8.73. The van der Waals surface area contributed by atoms with Crippen molar-refractivity contribution in [3.05, 3.63) is 53.6 Å². The summed E-state index contributed by atoms with van der Waals surface area (Å²) in [6.07, 6.45) is 0.746. The highest BCUT2D eigenvalue weighted by atomic mass is 16.5. The van der Waals surface area contributed by atoms with Crippen LogP contribution in [0, 0.1) is 0 Å². The van der Waals surface area contributed by atoms with Gasteiger partial charge >= 0.3 is 5.97 Å². The van der Waals surface area contributed by atoms with E-state index in [0.29, 0.717) is 29.4 Å². The summed E-state index contributed by atoms with van der Waals surface area (Å²) in [6, 6.07) is 11.7. The standard InChI is InChI=1S/C19H21NO5/c1-4-11-25-19(22)13-7-5-8-14(12-13)20-18(21)17-15(23-2)9-6-10-16(17)24-3/h5-10,12H,4,11H2,1-3H3,(H,20,21). The Morgan fingerprint density at radius 3 is 2.24 bits per heavy atom. The van der Waals surface area contributed by atoms with Crippen LogP contribution in [-0.2, 0) is 4.74 Å². The number of ether oxygens (including phenoxy) is 3. The molecule has 6 heteroatoms. The van der Waals surface area contributed by atoms with Gasteiger partial charge in [-0.25, -0.2) is 4.79 Å². The van der Waals surface area contributed by atoms with Gasteiger partial charge in [-0.05, 0) is 36.8 Å². The van der Waals surface area contributed by atoms with E-state index in [9.17, 15) is 9.59 Å². The Morgan fingerprint density at radius 1 is 1.00 bits per heavy atom. The average molecular weight is 343 g/mol. The average Bonchev–Trinajstić information content (AvgIpc) is 2.65. The molecular formula is C19H21NO5. The lowest BCUT2D eigenvalue weighted by atomic mass is 10.1. The van der Waals surface area contributed by atoms with Crippen LogP contribution in [0.15, 0.2) is 42.5 Å². The van der Waals surface area contributed by atoms with Crippen molar-refractivity contribution < 1.29 is 23.8 Å². The van der Waals surface area contributed by atoms with Crippen LogP contribution >= 0.6 is 0 Å². The molecule has 0 aliphatic rings. The van der Waals surface area contributed by atoms with Crippen LogP contribution in [0.4, 0.5) is 5.69 Å². The number of amides is 1. The minimum Gasteiger partial charge on any atom is -0.496 e. The topological polar surface area (TPSA) is 73.9 Å². The molecule has 0 fully saturated rings. The van der Waals surface area contributed by atoms with Crippen LogP contribution in [0.5, 0.6) is 11.5 Å². The molecule has 0 saturated carbocycles.